The molecular formula is C8H12ClNO. The highest BCUT2D eigenvalue weighted by atomic mass is 35.5. The number of carbonyl (C=O) groups is 1. The van der Waals surface area contributed by atoms with Crippen LogP contribution < -0.4 is 0 Å². The van der Waals surface area contributed by atoms with Crippen molar-refractivity contribution in [1.29, 1.82) is 0 Å². The predicted molar refractivity (Wildman–Crippen MR) is 45.4 cm³/mol. The molecule has 1 amide bonds. The van der Waals surface area contributed by atoms with E-state index < -0.39 is 0 Å². The molecule has 2 nitrogen and oxygen atoms in total. The van der Waals surface area contributed by atoms with Crippen molar-refractivity contribution in [3.63, 3.8) is 0 Å². The molecule has 0 spiro atoms. The fraction of sp³-hybridized carbons (Fsp3) is 0.625. The van der Waals surface area contributed by atoms with Crippen molar-refractivity contribution in [3.05, 3.63) is 11.1 Å². The van der Waals surface area contributed by atoms with E-state index in [0.717, 1.165) is 13.0 Å². The Morgan fingerprint density at radius 1 is 1.64 bits per heavy atom. The Kier molecular flexibility index (Phi) is 2.55. The Bertz CT molecular complexity index is 198. The summed E-state index contributed by atoms with van der Waals surface area (Å²) in [4.78, 5) is 13.1. The Hall–Kier alpha value is -0.500. The lowest BCUT2D eigenvalue weighted by Gasteiger charge is -2.28. The third-order valence-corrected chi connectivity index (χ3v) is 2.10. The zero-order chi connectivity index (χ0) is 8.43. The average molecular weight is 174 g/mol. The van der Waals surface area contributed by atoms with Crippen LogP contribution in [0.1, 0.15) is 20.3 Å². The van der Waals surface area contributed by atoms with Gasteiger partial charge in [0.25, 0.3) is 5.91 Å². The zero-order valence-corrected chi connectivity index (χ0v) is 7.56. The monoisotopic (exact) mass is 173 g/mol. The lowest BCUT2D eigenvalue weighted by atomic mass is 10.2. The van der Waals surface area contributed by atoms with Gasteiger partial charge in [-0.25, -0.2) is 0 Å². The minimum absolute atomic E-state index is 0.0343. The van der Waals surface area contributed by atoms with Crippen molar-refractivity contribution in [2.75, 3.05) is 6.54 Å². The topological polar surface area (TPSA) is 20.3 Å². The van der Waals surface area contributed by atoms with Crippen LogP contribution in [-0.4, -0.2) is 23.4 Å². The maximum Gasteiger partial charge on any atom is 0.265 e. The number of halogens is 1. The maximum absolute atomic E-state index is 11.3. The van der Waals surface area contributed by atoms with E-state index in [2.05, 4.69) is 0 Å². The van der Waals surface area contributed by atoms with Crippen LogP contribution in [0.25, 0.3) is 0 Å². The first-order chi connectivity index (χ1) is 5.13. The van der Waals surface area contributed by atoms with E-state index in [9.17, 15) is 4.79 Å². The summed E-state index contributed by atoms with van der Waals surface area (Å²) in [6, 6.07) is 0.255. The van der Waals surface area contributed by atoms with Gasteiger partial charge in [0, 0.05) is 12.6 Å². The molecule has 0 saturated carbocycles. The molecule has 0 unspecified atom stereocenters. The van der Waals surface area contributed by atoms with Crippen LogP contribution in [0.5, 0.6) is 0 Å². The van der Waals surface area contributed by atoms with Gasteiger partial charge >= 0.3 is 0 Å². The molecule has 0 fully saturated rings. The smallest absolute Gasteiger partial charge is 0.265 e. The van der Waals surface area contributed by atoms with Crippen LogP contribution in [-0.2, 0) is 4.79 Å². The predicted octanol–water partition coefficient (Wildman–Crippen LogP) is 1.75. The second-order valence-electron chi connectivity index (χ2n) is 2.93. The van der Waals surface area contributed by atoms with Crippen LogP contribution in [0.2, 0.25) is 0 Å². The summed E-state index contributed by atoms with van der Waals surface area (Å²) >= 11 is 5.68. The maximum atomic E-state index is 11.3. The summed E-state index contributed by atoms with van der Waals surface area (Å²) in [5.74, 6) is -0.0343. The summed E-state index contributed by atoms with van der Waals surface area (Å²) < 4.78 is 0. The molecule has 1 aliphatic heterocycles. The van der Waals surface area contributed by atoms with Gasteiger partial charge in [0.05, 0.1) is 0 Å². The molecule has 0 radical (unpaired) electrons. The highest BCUT2D eigenvalue weighted by Crippen LogP contribution is 2.16. The van der Waals surface area contributed by atoms with E-state index >= 15 is 0 Å². The fourth-order valence-corrected chi connectivity index (χ4v) is 1.37. The molecule has 0 aromatic carbocycles. The summed E-state index contributed by atoms with van der Waals surface area (Å²) in [6.07, 6.45) is 2.66. The second-order valence-corrected chi connectivity index (χ2v) is 3.34. The van der Waals surface area contributed by atoms with Crippen LogP contribution in [0, 0.1) is 0 Å². The largest absolute Gasteiger partial charge is 0.335 e. The molecule has 1 aliphatic rings. The first-order valence-corrected chi connectivity index (χ1v) is 4.17. The van der Waals surface area contributed by atoms with E-state index in [-0.39, 0.29) is 11.9 Å². The van der Waals surface area contributed by atoms with Crippen LogP contribution >= 0.6 is 11.6 Å². The third-order valence-electron chi connectivity index (χ3n) is 1.78. The summed E-state index contributed by atoms with van der Waals surface area (Å²) in [5.41, 5.74) is 0. The van der Waals surface area contributed by atoms with E-state index in [1.54, 1.807) is 11.0 Å². The molecule has 11 heavy (non-hydrogen) atoms. The highest BCUT2D eigenvalue weighted by molar-refractivity contribution is 6.42. The molecule has 0 aliphatic carbocycles. The van der Waals surface area contributed by atoms with Gasteiger partial charge in [0.1, 0.15) is 5.03 Å². The van der Waals surface area contributed by atoms with E-state index in [1.807, 2.05) is 13.8 Å². The highest BCUT2D eigenvalue weighted by Gasteiger charge is 2.21. The Morgan fingerprint density at radius 2 is 2.27 bits per heavy atom. The number of hydrogen-bond donors (Lipinski definition) is 0. The molecule has 3 heteroatoms. The minimum Gasteiger partial charge on any atom is -0.335 e. The number of rotatable bonds is 1. The fourth-order valence-electron chi connectivity index (χ4n) is 1.15. The van der Waals surface area contributed by atoms with E-state index in [4.69, 9.17) is 11.6 Å². The van der Waals surface area contributed by atoms with Crippen LogP contribution in [0.15, 0.2) is 11.1 Å². The first kappa shape index (κ1) is 8.60. The number of carbonyl (C=O) groups excluding carboxylic acids is 1. The molecule has 62 valence electrons. The molecule has 0 N–H and O–H groups in total. The molecule has 0 bridgehead atoms. The zero-order valence-electron chi connectivity index (χ0n) is 6.80. The Balaban J connectivity index is 2.73. The summed E-state index contributed by atoms with van der Waals surface area (Å²) in [7, 11) is 0. The number of hydrogen-bond acceptors (Lipinski definition) is 1. The number of nitrogens with zero attached hydrogens (tertiary/aromatic N) is 1. The van der Waals surface area contributed by atoms with Gasteiger partial charge in [-0.15, -0.1) is 0 Å². The Morgan fingerprint density at radius 3 is 2.73 bits per heavy atom. The molecule has 0 saturated heterocycles. The van der Waals surface area contributed by atoms with Gasteiger partial charge in [0.2, 0.25) is 0 Å². The summed E-state index contributed by atoms with van der Waals surface area (Å²) in [6.45, 7) is 4.79. The molecule has 0 aromatic rings. The quantitative estimate of drug-likeness (QED) is 0.592. The van der Waals surface area contributed by atoms with Gasteiger partial charge in [0.15, 0.2) is 0 Å². The van der Waals surface area contributed by atoms with Crippen molar-refractivity contribution in [2.45, 2.75) is 26.3 Å². The normalized spacial score (nSPS) is 19.1. The standard InChI is InChI=1S/C8H12ClNO/c1-6(2)10-5-3-4-7(9)8(10)11/h4,6H,3,5H2,1-2H3. The number of amides is 1. The van der Waals surface area contributed by atoms with E-state index in [0.29, 0.717) is 5.03 Å². The van der Waals surface area contributed by atoms with Gasteiger partial charge in [-0.2, -0.15) is 0 Å². The van der Waals surface area contributed by atoms with Gasteiger partial charge in [-0.1, -0.05) is 17.7 Å². The van der Waals surface area contributed by atoms with Crippen molar-refractivity contribution >= 4 is 17.5 Å². The van der Waals surface area contributed by atoms with Crippen LogP contribution in [0.4, 0.5) is 0 Å². The third kappa shape index (κ3) is 1.74. The lowest BCUT2D eigenvalue weighted by Crippen LogP contribution is -2.39. The minimum atomic E-state index is -0.0343. The Labute approximate surface area is 71.8 Å². The van der Waals surface area contributed by atoms with Crippen molar-refractivity contribution in [3.8, 4) is 0 Å². The van der Waals surface area contributed by atoms with Crippen molar-refractivity contribution in [2.24, 2.45) is 0 Å². The summed E-state index contributed by atoms with van der Waals surface area (Å²) in [5, 5.41) is 0.366. The molecule has 1 rings (SSSR count). The first-order valence-electron chi connectivity index (χ1n) is 3.79. The molecule has 0 atom stereocenters. The van der Waals surface area contributed by atoms with Gasteiger partial charge in [-0.05, 0) is 20.3 Å². The van der Waals surface area contributed by atoms with Gasteiger partial charge < -0.3 is 4.90 Å². The second kappa shape index (κ2) is 3.26. The molecule has 1 heterocycles. The van der Waals surface area contributed by atoms with Crippen LogP contribution in [0.3, 0.4) is 0 Å². The van der Waals surface area contributed by atoms with Crippen molar-refractivity contribution < 1.29 is 4.79 Å². The average Bonchev–Trinajstić information content (AvgIpc) is 1.94. The SMILES string of the molecule is CC(C)N1CCC=C(Cl)C1=O. The van der Waals surface area contributed by atoms with E-state index in [1.165, 1.54) is 0 Å². The van der Waals surface area contributed by atoms with Crippen molar-refractivity contribution in [1.82, 2.24) is 4.90 Å². The lowest BCUT2D eigenvalue weighted by molar-refractivity contribution is -0.128. The van der Waals surface area contributed by atoms with Gasteiger partial charge in [-0.3, -0.25) is 4.79 Å². The molecule has 0 aromatic heterocycles. The molecular weight excluding hydrogens is 162 g/mol.